The average Bonchev–Trinajstić information content (AvgIpc) is 3.18. The molecule has 5 heteroatoms. The summed E-state index contributed by atoms with van der Waals surface area (Å²) in [5.74, 6) is 1.63. The van der Waals surface area contributed by atoms with Crippen molar-refractivity contribution in [2.45, 2.75) is 24.9 Å². The lowest BCUT2D eigenvalue weighted by Crippen LogP contribution is -2.17. The molecule has 0 fully saturated rings. The number of oxazole rings is 1. The molecule has 2 aromatic heterocycles. The quantitative estimate of drug-likeness (QED) is 0.584. The zero-order valence-electron chi connectivity index (χ0n) is 13.6. The normalized spacial score (nSPS) is 11.3. The van der Waals surface area contributed by atoms with E-state index in [1.165, 1.54) is 10.5 Å². The van der Waals surface area contributed by atoms with Gasteiger partial charge < -0.3 is 4.42 Å². The van der Waals surface area contributed by atoms with E-state index in [4.69, 9.17) is 4.42 Å². The Balaban J connectivity index is 1.66. The van der Waals surface area contributed by atoms with E-state index in [0.717, 1.165) is 35.3 Å². The second-order valence-corrected chi connectivity index (χ2v) is 7.35. The van der Waals surface area contributed by atoms with Crippen LogP contribution in [0.25, 0.3) is 10.8 Å². The van der Waals surface area contributed by atoms with Gasteiger partial charge in [-0.15, -0.1) is 23.1 Å². The van der Waals surface area contributed by atoms with Gasteiger partial charge in [-0.25, -0.2) is 4.98 Å². The van der Waals surface area contributed by atoms with Gasteiger partial charge in [0.05, 0.1) is 10.6 Å². The van der Waals surface area contributed by atoms with E-state index in [2.05, 4.69) is 47.5 Å². The smallest absolute Gasteiger partial charge is 0.236 e. The Morgan fingerprint density at radius 1 is 1.17 bits per heavy atom. The van der Waals surface area contributed by atoms with E-state index < -0.39 is 0 Å². The summed E-state index contributed by atoms with van der Waals surface area (Å²) < 4.78 is 5.81. The van der Waals surface area contributed by atoms with E-state index in [-0.39, 0.29) is 0 Å². The van der Waals surface area contributed by atoms with Crippen LogP contribution in [0.2, 0.25) is 0 Å². The van der Waals surface area contributed by atoms with Crippen molar-refractivity contribution >= 4 is 23.1 Å². The van der Waals surface area contributed by atoms with Crippen molar-refractivity contribution in [2.75, 3.05) is 13.3 Å². The third-order valence-corrected chi connectivity index (χ3v) is 5.26. The second kappa shape index (κ2) is 7.34. The summed E-state index contributed by atoms with van der Waals surface area (Å²) in [7, 11) is 2.11. The van der Waals surface area contributed by atoms with Gasteiger partial charge in [0.25, 0.3) is 0 Å². The molecule has 0 unspecified atom stereocenters. The lowest BCUT2D eigenvalue weighted by Gasteiger charge is -2.15. The molecule has 120 valence electrons. The van der Waals surface area contributed by atoms with Crippen LogP contribution in [-0.4, -0.2) is 23.2 Å². The standard InChI is InChI=1S/C18H20N2OS2/c1-13-16(19-18(21-13)17-5-4-10-23-17)12-20(2)11-14-6-8-15(22-3)9-7-14/h4-10H,11-12H2,1-3H3. The maximum atomic E-state index is 5.81. The molecule has 1 aromatic carbocycles. The van der Waals surface area contributed by atoms with Gasteiger partial charge in [-0.2, -0.15) is 0 Å². The molecule has 0 amide bonds. The summed E-state index contributed by atoms with van der Waals surface area (Å²) in [6.45, 7) is 3.67. The maximum Gasteiger partial charge on any atom is 0.236 e. The molecule has 23 heavy (non-hydrogen) atoms. The Morgan fingerprint density at radius 2 is 1.96 bits per heavy atom. The summed E-state index contributed by atoms with van der Waals surface area (Å²) in [4.78, 5) is 9.30. The van der Waals surface area contributed by atoms with Crippen LogP contribution in [0.15, 0.2) is 51.1 Å². The predicted octanol–water partition coefficient (Wildman–Crippen LogP) is 5.07. The number of rotatable bonds is 6. The van der Waals surface area contributed by atoms with E-state index in [1.807, 2.05) is 24.4 Å². The third kappa shape index (κ3) is 4.05. The highest BCUT2D eigenvalue weighted by Gasteiger charge is 2.14. The van der Waals surface area contributed by atoms with E-state index in [9.17, 15) is 0 Å². The molecule has 3 aromatic rings. The van der Waals surface area contributed by atoms with E-state index in [1.54, 1.807) is 23.1 Å². The van der Waals surface area contributed by atoms with Gasteiger partial charge in [-0.3, -0.25) is 4.90 Å². The fourth-order valence-electron chi connectivity index (χ4n) is 2.43. The Bertz CT molecular complexity index is 748. The maximum absolute atomic E-state index is 5.81. The predicted molar refractivity (Wildman–Crippen MR) is 97.9 cm³/mol. The fourth-order valence-corrected chi connectivity index (χ4v) is 3.49. The highest BCUT2D eigenvalue weighted by molar-refractivity contribution is 7.98. The molecule has 3 nitrogen and oxygen atoms in total. The molecule has 0 aliphatic rings. The fraction of sp³-hybridized carbons (Fsp3) is 0.278. The summed E-state index contributed by atoms with van der Waals surface area (Å²) in [6.07, 6.45) is 2.10. The van der Waals surface area contributed by atoms with Crippen LogP contribution in [-0.2, 0) is 13.1 Å². The number of benzene rings is 1. The van der Waals surface area contributed by atoms with Crippen LogP contribution in [0.1, 0.15) is 17.0 Å². The summed E-state index contributed by atoms with van der Waals surface area (Å²) in [6, 6.07) is 12.8. The molecule has 0 N–H and O–H groups in total. The molecule has 0 saturated heterocycles. The lowest BCUT2D eigenvalue weighted by atomic mass is 10.2. The molecule has 0 aliphatic heterocycles. The SMILES string of the molecule is CSc1ccc(CN(C)Cc2nc(-c3cccs3)oc2C)cc1. The minimum Gasteiger partial charge on any atom is -0.440 e. The zero-order valence-corrected chi connectivity index (χ0v) is 15.2. The Hall–Kier alpha value is -1.56. The van der Waals surface area contributed by atoms with Crippen LogP contribution >= 0.6 is 23.1 Å². The van der Waals surface area contributed by atoms with Crippen molar-refractivity contribution in [1.82, 2.24) is 9.88 Å². The van der Waals surface area contributed by atoms with Gasteiger partial charge in [0, 0.05) is 18.0 Å². The Labute approximate surface area is 145 Å². The highest BCUT2D eigenvalue weighted by Crippen LogP contribution is 2.26. The number of nitrogens with zero attached hydrogens (tertiary/aromatic N) is 2. The Morgan fingerprint density at radius 3 is 2.61 bits per heavy atom. The minimum atomic E-state index is 0.727. The van der Waals surface area contributed by atoms with Gasteiger partial charge in [0.2, 0.25) is 5.89 Å². The molecule has 0 saturated carbocycles. The van der Waals surface area contributed by atoms with Gasteiger partial charge in [-0.1, -0.05) is 18.2 Å². The number of aromatic nitrogens is 1. The van der Waals surface area contributed by atoms with Crippen molar-refractivity contribution in [1.29, 1.82) is 0 Å². The van der Waals surface area contributed by atoms with Gasteiger partial charge in [-0.05, 0) is 49.4 Å². The molecule has 0 atom stereocenters. The monoisotopic (exact) mass is 344 g/mol. The topological polar surface area (TPSA) is 29.3 Å². The first kappa shape index (κ1) is 16.3. The third-order valence-electron chi connectivity index (χ3n) is 3.66. The van der Waals surface area contributed by atoms with Gasteiger partial charge >= 0.3 is 0 Å². The minimum absolute atomic E-state index is 0.727. The average molecular weight is 345 g/mol. The molecule has 0 bridgehead atoms. The summed E-state index contributed by atoms with van der Waals surface area (Å²) in [5.41, 5.74) is 2.32. The molecule has 0 spiro atoms. The summed E-state index contributed by atoms with van der Waals surface area (Å²) in [5, 5.41) is 2.04. The van der Waals surface area contributed by atoms with E-state index in [0.29, 0.717) is 0 Å². The number of aryl methyl sites for hydroxylation is 1. The Kier molecular flexibility index (Phi) is 5.20. The van der Waals surface area contributed by atoms with Gasteiger partial charge in [0.1, 0.15) is 5.76 Å². The molecule has 2 heterocycles. The van der Waals surface area contributed by atoms with Crippen LogP contribution in [0.3, 0.4) is 0 Å². The number of thiophene rings is 1. The molecule has 3 rings (SSSR count). The molecule has 0 radical (unpaired) electrons. The largest absolute Gasteiger partial charge is 0.440 e. The number of hydrogen-bond donors (Lipinski definition) is 0. The first-order valence-electron chi connectivity index (χ1n) is 7.47. The van der Waals surface area contributed by atoms with E-state index >= 15 is 0 Å². The van der Waals surface area contributed by atoms with Crippen molar-refractivity contribution in [3.8, 4) is 10.8 Å². The van der Waals surface area contributed by atoms with Crippen molar-refractivity contribution < 1.29 is 4.42 Å². The van der Waals surface area contributed by atoms with Crippen molar-refractivity contribution in [2.24, 2.45) is 0 Å². The van der Waals surface area contributed by atoms with Crippen LogP contribution < -0.4 is 0 Å². The number of thioether (sulfide) groups is 1. The first-order valence-corrected chi connectivity index (χ1v) is 9.58. The molecular formula is C18H20N2OS2. The van der Waals surface area contributed by atoms with Crippen LogP contribution in [0.5, 0.6) is 0 Å². The molecule has 0 aliphatic carbocycles. The zero-order chi connectivity index (χ0) is 16.2. The van der Waals surface area contributed by atoms with Crippen molar-refractivity contribution in [3.63, 3.8) is 0 Å². The molecular weight excluding hydrogens is 324 g/mol. The summed E-state index contributed by atoms with van der Waals surface area (Å²) >= 11 is 3.42. The number of hydrogen-bond acceptors (Lipinski definition) is 5. The van der Waals surface area contributed by atoms with Crippen molar-refractivity contribution in [3.05, 3.63) is 58.8 Å². The first-order chi connectivity index (χ1) is 11.2. The van der Waals surface area contributed by atoms with Crippen LogP contribution in [0.4, 0.5) is 0 Å². The lowest BCUT2D eigenvalue weighted by molar-refractivity contribution is 0.313. The van der Waals surface area contributed by atoms with Crippen LogP contribution in [0, 0.1) is 6.92 Å². The van der Waals surface area contributed by atoms with Gasteiger partial charge in [0.15, 0.2) is 0 Å². The second-order valence-electron chi connectivity index (χ2n) is 5.52. The highest BCUT2D eigenvalue weighted by atomic mass is 32.2.